The van der Waals surface area contributed by atoms with Crippen LogP contribution in [-0.4, -0.2) is 29.3 Å². The molecule has 2 aromatic rings. The van der Waals surface area contributed by atoms with E-state index >= 15 is 0 Å². The quantitative estimate of drug-likeness (QED) is 0.861. The molecule has 0 radical (unpaired) electrons. The Balaban J connectivity index is 2.11. The monoisotopic (exact) mass is 267 g/mol. The van der Waals surface area contributed by atoms with E-state index in [2.05, 4.69) is 22.9 Å². The molecule has 0 saturated carbocycles. The fourth-order valence-electron chi connectivity index (χ4n) is 3.04. The summed E-state index contributed by atoms with van der Waals surface area (Å²) in [5, 5.41) is 20.1. The fraction of sp³-hybridized carbons (Fsp3) is 0.375. The fourth-order valence-corrected chi connectivity index (χ4v) is 3.04. The van der Waals surface area contributed by atoms with Gasteiger partial charge in [-0.25, -0.2) is 0 Å². The predicted molar refractivity (Wildman–Crippen MR) is 78.5 cm³/mol. The van der Waals surface area contributed by atoms with Crippen molar-refractivity contribution >= 4 is 16.6 Å². The zero-order valence-electron chi connectivity index (χ0n) is 11.5. The second-order valence-corrected chi connectivity index (χ2v) is 5.54. The van der Waals surface area contributed by atoms with Crippen molar-refractivity contribution < 1.29 is 5.11 Å². The standard InChI is InChI=1S/C16H17N3O/c1-11-7-13(20)10-19(9-11)15-5-4-12(8-17)16-14(15)3-2-6-18-16/h2-6,11,13,20H,7,9-10H2,1H3. The van der Waals surface area contributed by atoms with Crippen molar-refractivity contribution in [2.24, 2.45) is 5.92 Å². The summed E-state index contributed by atoms with van der Waals surface area (Å²) in [6, 6.07) is 9.84. The minimum Gasteiger partial charge on any atom is -0.391 e. The molecule has 0 amide bonds. The molecule has 0 spiro atoms. The summed E-state index contributed by atoms with van der Waals surface area (Å²) in [6.45, 7) is 3.71. The molecule has 1 aromatic carbocycles. The van der Waals surface area contributed by atoms with Crippen LogP contribution < -0.4 is 4.90 Å². The lowest BCUT2D eigenvalue weighted by atomic mass is 9.96. The zero-order valence-corrected chi connectivity index (χ0v) is 11.5. The summed E-state index contributed by atoms with van der Waals surface area (Å²) in [5.41, 5.74) is 2.38. The number of aromatic nitrogens is 1. The van der Waals surface area contributed by atoms with Crippen LogP contribution in [0.15, 0.2) is 30.5 Å². The van der Waals surface area contributed by atoms with Crippen LogP contribution in [0.3, 0.4) is 0 Å². The molecule has 3 rings (SSSR count). The van der Waals surface area contributed by atoms with E-state index < -0.39 is 0 Å². The largest absolute Gasteiger partial charge is 0.391 e. The highest BCUT2D eigenvalue weighted by Gasteiger charge is 2.24. The van der Waals surface area contributed by atoms with E-state index in [4.69, 9.17) is 0 Å². The molecule has 0 aliphatic carbocycles. The van der Waals surface area contributed by atoms with Crippen LogP contribution in [0.5, 0.6) is 0 Å². The molecule has 102 valence electrons. The molecule has 1 aliphatic rings. The van der Waals surface area contributed by atoms with Crippen LogP contribution in [0.2, 0.25) is 0 Å². The maximum Gasteiger partial charge on any atom is 0.101 e. The van der Waals surface area contributed by atoms with Gasteiger partial charge in [0.15, 0.2) is 0 Å². The molecule has 20 heavy (non-hydrogen) atoms. The molecular weight excluding hydrogens is 250 g/mol. The van der Waals surface area contributed by atoms with Gasteiger partial charge in [0.1, 0.15) is 6.07 Å². The number of rotatable bonds is 1. The first-order valence-electron chi connectivity index (χ1n) is 6.90. The number of hydrogen-bond donors (Lipinski definition) is 1. The van der Waals surface area contributed by atoms with Crippen molar-refractivity contribution in [2.75, 3.05) is 18.0 Å². The van der Waals surface area contributed by atoms with Gasteiger partial charge in [-0.2, -0.15) is 5.26 Å². The average molecular weight is 267 g/mol. The smallest absolute Gasteiger partial charge is 0.101 e. The highest BCUT2D eigenvalue weighted by Crippen LogP contribution is 2.31. The number of β-amino-alcohol motifs (C(OH)–C–C–N with tert-alkyl or cyclic N) is 1. The molecule has 1 aromatic heterocycles. The second-order valence-electron chi connectivity index (χ2n) is 5.54. The molecule has 4 nitrogen and oxygen atoms in total. The predicted octanol–water partition coefficient (Wildman–Crippen LogP) is 2.31. The summed E-state index contributed by atoms with van der Waals surface area (Å²) in [5.74, 6) is 0.459. The van der Waals surface area contributed by atoms with Crippen molar-refractivity contribution in [1.29, 1.82) is 5.26 Å². The number of fused-ring (bicyclic) bond motifs is 1. The number of pyridine rings is 1. The topological polar surface area (TPSA) is 60.1 Å². The van der Waals surface area contributed by atoms with Crippen LogP contribution in [-0.2, 0) is 0 Å². The normalized spacial score (nSPS) is 22.8. The van der Waals surface area contributed by atoms with Crippen LogP contribution in [0.1, 0.15) is 18.9 Å². The molecule has 1 N–H and O–H groups in total. The minimum absolute atomic E-state index is 0.291. The van der Waals surface area contributed by atoms with Crippen molar-refractivity contribution in [3.05, 3.63) is 36.0 Å². The molecule has 1 saturated heterocycles. The molecular formula is C16H17N3O. The Kier molecular flexibility index (Phi) is 3.29. The van der Waals surface area contributed by atoms with E-state index in [1.165, 1.54) is 0 Å². The third kappa shape index (κ3) is 2.21. The first kappa shape index (κ1) is 12.9. The van der Waals surface area contributed by atoms with Crippen LogP contribution in [0, 0.1) is 17.2 Å². The Morgan fingerprint density at radius 1 is 1.35 bits per heavy atom. The highest BCUT2D eigenvalue weighted by molar-refractivity contribution is 5.95. The number of aliphatic hydroxyl groups is 1. The highest BCUT2D eigenvalue weighted by atomic mass is 16.3. The summed E-state index contributed by atoms with van der Waals surface area (Å²) in [7, 11) is 0. The Morgan fingerprint density at radius 2 is 2.20 bits per heavy atom. The van der Waals surface area contributed by atoms with Gasteiger partial charge in [-0.15, -0.1) is 0 Å². The van der Waals surface area contributed by atoms with Crippen molar-refractivity contribution in [2.45, 2.75) is 19.4 Å². The molecule has 2 unspecified atom stereocenters. The maximum atomic E-state index is 9.97. The zero-order chi connectivity index (χ0) is 14.1. The van der Waals surface area contributed by atoms with E-state index in [9.17, 15) is 10.4 Å². The van der Waals surface area contributed by atoms with Gasteiger partial charge < -0.3 is 10.0 Å². The number of anilines is 1. The second kappa shape index (κ2) is 5.10. The Labute approximate surface area is 118 Å². The van der Waals surface area contributed by atoms with E-state index in [1.807, 2.05) is 24.3 Å². The van der Waals surface area contributed by atoms with Gasteiger partial charge in [-0.3, -0.25) is 4.98 Å². The number of benzene rings is 1. The van der Waals surface area contributed by atoms with Crippen molar-refractivity contribution in [3.63, 3.8) is 0 Å². The molecule has 0 bridgehead atoms. The first-order chi connectivity index (χ1) is 9.69. The summed E-state index contributed by atoms with van der Waals surface area (Å²) in [6.07, 6.45) is 2.27. The third-order valence-corrected chi connectivity index (χ3v) is 3.85. The maximum absolute atomic E-state index is 9.97. The number of nitrogens with zero attached hydrogens (tertiary/aromatic N) is 3. The van der Waals surface area contributed by atoms with E-state index in [1.54, 1.807) is 6.20 Å². The van der Waals surface area contributed by atoms with Crippen molar-refractivity contribution in [1.82, 2.24) is 4.98 Å². The van der Waals surface area contributed by atoms with Crippen LogP contribution in [0.4, 0.5) is 5.69 Å². The molecule has 1 aliphatic heterocycles. The van der Waals surface area contributed by atoms with Gasteiger partial charge in [0.05, 0.1) is 17.2 Å². The van der Waals surface area contributed by atoms with E-state index in [-0.39, 0.29) is 6.10 Å². The molecule has 2 atom stereocenters. The Morgan fingerprint density at radius 3 is 2.95 bits per heavy atom. The molecule has 4 heteroatoms. The first-order valence-corrected chi connectivity index (χ1v) is 6.90. The Bertz CT molecular complexity index is 667. The average Bonchev–Trinajstić information content (AvgIpc) is 2.45. The molecule has 2 heterocycles. The van der Waals surface area contributed by atoms with Crippen LogP contribution >= 0.6 is 0 Å². The SMILES string of the molecule is CC1CC(O)CN(c2ccc(C#N)c3ncccc23)C1. The minimum atomic E-state index is -0.291. The van der Waals surface area contributed by atoms with Crippen molar-refractivity contribution in [3.8, 4) is 6.07 Å². The van der Waals surface area contributed by atoms with E-state index in [0.717, 1.165) is 29.6 Å². The number of aliphatic hydroxyl groups excluding tert-OH is 1. The van der Waals surface area contributed by atoms with Gasteiger partial charge in [-0.05, 0) is 36.6 Å². The third-order valence-electron chi connectivity index (χ3n) is 3.85. The lowest BCUT2D eigenvalue weighted by Crippen LogP contribution is -2.42. The number of nitriles is 1. The lowest BCUT2D eigenvalue weighted by molar-refractivity contribution is 0.132. The van der Waals surface area contributed by atoms with Crippen LogP contribution in [0.25, 0.3) is 10.9 Å². The number of hydrogen-bond acceptors (Lipinski definition) is 4. The summed E-state index contributed by atoms with van der Waals surface area (Å²) in [4.78, 5) is 6.53. The van der Waals surface area contributed by atoms with Gasteiger partial charge in [0.25, 0.3) is 0 Å². The summed E-state index contributed by atoms with van der Waals surface area (Å²) >= 11 is 0. The van der Waals surface area contributed by atoms with Gasteiger partial charge in [-0.1, -0.05) is 6.92 Å². The van der Waals surface area contributed by atoms with Gasteiger partial charge in [0, 0.05) is 30.4 Å². The van der Waals surface area contributed by atoms with Gasteiger partial charge in [0.2, 0.25) is 0 Å². The Hall–Kier alpha value is -2.12. The molecule has 1 fully saturated rings. The van der Waals surface area contributed by atoms with Gasteiger partial charge >= 0.3 is 0 Å². The number of piperidine rings is 1. The van der Waals surface area contributed by atoms with E-state index in [0.29, 0.717) is 18.0 Å². The summed E-state index contributed by atoms with van der Waals surface area (Å²) < 4.78 is 0. The lowest BCUT2D eigenvalue weighted by Gasteiger charge is -2.36.